The van der Waals surface area contributed by atoms with Gasteiger partial charge in [0.05, 0.1) is 0 Å². The summed E-state index contributed by atoms with van der Waals surface area (Å²) in [7, 11) is 0. The van der Waals surface area contributed by atoms with Crippen molar-refractivity contribution < 1.29 is 22.7 Å². The van der Waals surface area contributed by atoms with Crippen LogP contribution in [0, 0.1) is 17.5 Å². The third kappa shape index (κ3) is 2.76. The van der Waals surface area contributed by atoms with Crippen LogP contribution in [0.5, 0.6) is 0 Å². The molecule has 2 aromatic carbocycles. The molecule has 1 aliphatic rings. The van der Waals surface area contributed by atoms with Crippen molar-refractivity contribution >= 4 is 17.9 Å². The lowest BCUT2D eigenvalue weighted by Crippen LogP contribution is -2.05. The van der Waals surface area contributed by atoms with Crippen molar-refractivity contribution in [3.63, 3.8) is 0 Å². The van der Waals surface area contributed by atoms with E-state index in [9.17, 15) is 18.0 Å². The van der Waals surface area contributed by atoms with Crippen molar-refractivity contribution in [2.75, 3.05) is 0 Å². The van der Waals surface area contributed by atoms with E-state index in [1.807, 2.05) is 0 Å². The van der Waals surface area contributed by atoms with Crippen LogP contribution in [0.25, 0.3) is 6.08 Å². The first-order chi connectivity index (χ1) is 10.5. The third-order valence-electron chi connectivity index (χ3n) is 2.97. The lowest BCUT2D eigenvalue weighted by Gasteiger charge is -1.98. The van der Waals surface area contributed by atoms with E-state index in [4.69, 9.17) is 4.74 Å². The quantitative estimate of drug-likeness (QED) is 0.629. The molecule has 0 bridgehead atoms. The van der Waals surface area contributed by atoms with Gasteiger partial charge < -0.3 is 4.74 Å². The van der Waals surface area contributed by atoms with E-state index in [-0.39, 0.29) is 17.2 Å². The number of cyclic esters (lactones) is 1. The summed E-state index contributed by atoms with van der Waals surface area (Å²) in [5.74, 6) is -2.73. The zero-order chi connectivity index (χ0) is 15.7. The summed E-state index contributed by atoms with van der Waals surface area (Å²) in [5, 5.41) is 0. The van der Waals surface area contributed by atoms with Crippen molar-refractivity contribution in [3.8, 4) is 0 Å². The molecule has 1 aliphatic heterocycles. The topological polar surface area (TPSA) is 38.7 Å². The predicted molar refractivity (Wildman–Crippen MR) is 73.4 cm³/mol. The molecule has 3 nitrogen and oxygen atoms in total. The standard InChI is InChI=1S/C16H8F3NO2/c17-11-4-1-9(2-5-11)15-20-14(16(21)22-15)7-10-3-6-12(18)8-13(10)19/h1-8H/b14-7+. The molecular formula is C16H8F3NO2. The smallest absolute Gasteiger partial charge is 0.363 e. The molecule has 0 saturated heterocycles. The first-order valence-corrected chi connectivity index (χ1v) is 6.26. The Kier molecular flexibility index (Phi) is 3.50. The molecule has 2 aromatic rings. The van der Waals surface area contributed by atoms with Crippen LogP contribution in [-0.2, 0) is 9.53 Å². The zero-order valence-corrected chi connectivity index (χ0v) is 11.0. The van der Waals surface area contributed by atoms with Crippen LogP contribution >= 0.6 is 0 Å². The number of esters is 1. The monoisotopic (exact) mass is 303 g/mol. The van der Waals surface area contributed by atoms with Gasteiger partial charge in [0.2, 0.25) is 5.90 Å². The van der Waals surface area contributed by atoms with Gasteiger partial charge in [-0.25, -0.2) is 23.0 Å². The Hall–Kier alpha value is -2.89. The molecule has 3 rings (SSSR count). The Balaban J connectivity index is 1.95. The van der Waals surface area contributed by atoms with E-state index >= 15 is 0 Å². The molecule has 0 radical (unpaired) electrons. The fraction of sp³-hybridized carbons (Fsp3) is 0. The maximum Gasteiger partial charge on any atom is 0.363 e. The van der Waals surface area contributed by atoms with Gasteiger partial charge in [-0.15, -0.1) is 0 Å². The van der Waals surface area contributed by atoms with Crippen LogP contribution < -0.4 is 0 Å². The van der Waals surface area contributed by atoms with E-state index in [0.717, 1.165) is 12.1 Å². The fourth-order valence-corrected chi connectivity index (χ4v) is 1.89. The van der Waals surface area contributed by atoms with E-state index in [1.165, 1.54) is 30.3 Å². The van der Waals surface area contributed by atoms with Gasteiger partial charge >= 0.3 is 5.97 Å². The molecule has 0 saturated carbocycles. The molecule has 6 heteroatoms. The molecule has 0 fully saturated rings. The molecule has 110 valence electrons. The highest BCUT2D eigenvalue weighted by Crippen LogP contribution is 2.21. The number of rotatable bonds is 2. The molecule has 0 atom stereocenters. The van der Waals surface area contributed by atoms with Crippen LogP contribution in [0.4, 0.5) is 13.2 Å². The van der Waals surface area contributed by atoms with Gasteiger partial charge in [0.25, 0.3) is 0 Å². The van der Waals surface area contributed by atoms with Gasteiger partial charge in [-0.05, 0) is 42.5 Å². The van der Waals surface area contributed by atoms with E-state index in [2.05, 4.69) is 4.99 Å². The highest BCUT2D eigenvalue weighted by molar-refractivity contribution is 6.12. The number of aliphatic imine (C=N–C) groups is 1. The molecule has 0 spiro atoms. The van der Waals surface area contributed by atoms with E-state index in [0.29, 0.717) is 11.6 Å². The minimum atomic E-state index is -0.814. The van der Waals surface area contributed by atoms with Crippen LogP contribution in [0.1, 0.15) is 11.1 Å². The van der Waals surface area contributed by atoms with Crippen LogP contribution in [0.15, 0.2) is 53.2 Å². The molecule has 0 aliphatic carbocycles. The second-order valence-electron chi connectivity index (χ2n) is 4.51. The Morgan fingerprint density at radius 3 is 2.32 bits per heavy atom. The van der Waals surface area contributed by atoms with Gasteiger partial charge in [-0.2, -0.15) is 0 Å². The summed E-state index contributed by atoms with van der Waals surface area (Å²) in [4.78, 5) is 15.7. The Morgan fingerprint density at radius 2 is 1.64 bits per heavy atom. The van der Waals surface area contributed by atoms with Crippen LogP contribution in [0.3, 0.4) is 0 Å². The number of carbonyl (C=O) groups is 1. The van der Waals surface area contributed by atoms with Gasteiger partial charge in [0.15, 0.2) is 5.70 Å². The number of ether oxygens (including phenoxy) is 1. The molecule has 0 N–H and O–H groups in total. The maximum atomic E-state index is 13.6. The number of benzene rings is 2. The molecular weight excluding hydrogens is 295 g/mol. The second kappa shape index (κ2) is 5.48. The van der Waals surface area contributed by atoms with Crippen molar-refractivity contribution in [3.05, 3.63) is 76.7 Å². The number of halogens is 3. The molecule has 0 amide bonds. The summed E-state index contributed by atoms with van der Waals surface area (Å²) < 4.78 is 44.2. The number of hydrogen-bond acceptors (Lipinski definition) is 3. The third-order valence-corrected chi connectivity index (χ3v) is 2.97. The predicted octanol–water partition coefficient (Wildman–Crippen LogP) is 3.45. The number of nitrogens with zero attached hydrogens (tertiary/aromatic N) is 1. The zero-order valence-electron chi connectivity index (χ0n) is 11.0. The number of hydrogen-bond donors (Lipinski definition) is 0. The van der Waals surface area contributed by atoms with Crippen LogP contribution in [0.2, 0.25) is 0 Å². The largest absolute Gasteiger partial charge is 0.402 e. The lowest BCUT2D eigenvalue weighted by molar-refractivity contribution is -0.129. The van der Waals surface area contributed by atoms with Crippen molar-refractivity contribution in [1.29, 1.82) is 0 Å². The molecule has 1 heterocycles. The SMILES string of the molecule is O=C1OC(c2ccc(F)cc2)=N/C1=C/c1ccc(F)cc1F. The minimum absolute atomic E-state index is 0.00114. The Morgan fingerprint density at radius 1 is 0.955 bits per heavy atom. The van der Waals surface area contributed by atoms with Gasteiger partial charge in [0.1, 0.15) is 17.5 Å². The summed E-state index contributed by atoms with van der Waals surface area (Å²) >= 11 is 0. The highest BCUT2D eigenvalue weighted by atomic mass is 19.1. The highest BCUT2D eigenvalue weighted by Gasteiger charge is 2.24. The summed E-state index contributed by atoms with van der Waals surface area (Å²) in [6.45, 7) is 0. The molecule has 0 aromatic heterocycles. The van der Waals surface area contributed by atoms with E-state index in [1.54, 1.807) is 0 Å². The maximum absolute atomic E-state index is 13.6. The lowest BCUT2D eigenvalue weighted by atomic mass is 10.2. The van der Waals surface area contributed by atoms with Gasteiger partial charge in [-0.3, -0.25) is 0 Å². The molecule has 0 unspecified atom stereocenters. The average Bonchev–Trinajstić information content (AvgIpc) is 2.84. The Labute approximate surface area is 123 Å². The first-order valence-electron chi connectivity index (χ1n) is 6.26. The van der Waals surface area contributed by atoms with Gasteiger partial charge in [0, 0.05) is 17.2 Å². The average molecular weight is 303 g/mol. The summed E-state index contributed by atoms with van der Waals surface area (Å²) in [6.07, 6.45) is 1.16. The second-order valence-corrected chi connectivity index (χ2v) is 4.51. The summed E-state index contributed by atoms with van der Waals surface area (Å²) in [6, 6.07) is 8.18. The van der Waals surface area contributed by atoms with Crippen molar-refractivity contribution in [2.24, 2.45) is 4.99 Å². The molecule has 22 heavy (non-hydrogen) atoms. The van der Waals surface area contributed by atoms with Crippen molar-refractivity contribution in [2.45, 2.75) is 0 Å². The normalized spacial score (nSPS) is 15.9. The van der Waals surface area contributed by atoms with Crippen LogP contribution in [-0.4, -0.2) is 11.9 Å². The fourth-order valence-electron chi connectivity index (χ4n) is 1.89. The van der Waals surface area contributed by atoms with Crippen molar-refractivity contribution in [1.82, 2.24) is 0 Å². The summed E-state index contributed by atoms with van der Waals surface area (Å²) in [5.41, 5.74) is 0.306. The first kappa shape index (κ1) is 14.1. The minimum Gasteiger partial charge on any atom is -0.402 e. The van der Waals surface area contributed by atoms with E-state index < -0.39 is 23.4 Å². The Bertz CT molecular complexity index is 811. The number of carbonyl (C=O) groups excluding carboxylic acids is 1. The van der Waals surface area contributed by atoms with Gasteiger partial charge in [-0.1, -0.05) is 0 Å².